The van der Waals surface area contributed by atoms with Gasteiger partial charge >= 0.3 is 0 Å². The van der Waals surface area contributed by atoms with Gasteiger partial charge in [-0.2, -0.15) is 0 Å². The number of carbonyl (C=O) groups is 1. The summed E-state index contributed by atoms with van der Waals surface area (Å²) < 4.78 is 0.695. The first-order chi connectivity index (χ1) is 12.2. The van der Waals surface area contributed by atoms with Crippen LogP contribution in [0.1, 0.15) is 4.88 Å². The van der Waals surface area contributed by atoms with E-state index in [0.717, 1.165) is 21.0 Å². The second-order valence-electron chi connectivity index (χ2n) is 5.84. The normalized spacial score (nSPS) is 11.7. The van der Waals surface area contributed by atoms with Crippen molar-refractivity contribution in [2.24, 2.45) is 0 Å². The van der Waals surface area contributed by atoms with Crippen molar-refractivity contribution >= 4 is 56.1 Å². The van der Waals surface area contributed by atoms with E-state index in [0.29, 0.717) is 15.9 Å². The van der Waals surface area contributed by atoms with Gasteiger partial charge in [-0.1, -0.05) is 59.3 Å². The molecule has 2 aromatic carbocycles. The molecule has 1 amide bonds. The minimum atomic E-state index is -0.0718. The maximum atomic E-state index is 12.3. The molecule has 0 saturated carbocycles. The molecule has 25 heavy (non-hydrogen) atoms. The number of rotatable bonds is 3. The number of benzene rings is 2. The lowest BCUT2D eigenvalue weighted by molar-refractivity contribution is -0.115. The first-order valence-corrected chi connectivity index (χ1v) is 9.77. The van der Waals surface area contributed by atoms with Crippen LogP contribution >= 0.6 is 34.3 Å². The standard InChI is InChI=1S/C19H11ClN2OS2/c20-14-8-7-11(24-14)9-15(23)21-19-22-17-12-5-1-3-10-4-2-6-13(16(10)12)18(17)25-19/h1-8H,9H2,(H,21,22,23). The molecule has 1 aliphatic carbocycles. The molecule has 1 aliphatic rings. The predicted molar refractivity (Wildman–Crippen MR) is 106 cm³/mol. The summed E-state index contributed by atoms with van der Waals surface area (Å²) in [6.45, 7) is 0. The van der Waals surface area contributed by atoms with E-state index in [1.807, 2.05) is 12.1 Å². The molecule has 0 aliphatic heterocycles. The van der Waals surface area contributed by atoms with Crippen molar-refractivity contribution in [3.63, 3.8) is 0 Å². The molecule has 0 bridgehead atoms. The molecule has 2 aromatic heterocycles. The van der Waals surface area contributed by atoms with Crippen LogP contribution in [0.15, 0.2) is 48.5 Å². The van der Waals surface area contributed by atoms with E-state index in [4.69, 9.17) is 11.6 Å². The molecule has 2 heterocycles. The summed E-state index contributed by atoms with van der Waals surface area (Å²) in [4.78, 5) is 19.0. The van der Waals surface area contributed by atoms with E-state index in [2.05, 4.69) is 46.7 Å². The maximum absolute atomic E-state index is 12.3. The van der Waals surface area contributed by atoms with Crippen LogP contribution < -0.4 is 5.32 Å². The Kier molecular flexibility index (Phi) is 3.41. The third-order valence-electron chi connectivity index (χ3n) is 4.24. The van der Waals surface area contributed by atoms with Gasteiger partial charge in [0.2, 0.25) is 5.91 Å². The number of hydrogen-bond acceptors (Lipinski definition) is 4. The lowest BCUT2D eigenvalue weighted by atomic mass is 10.0. The Morgan fingerprint density at radius 1 is 1.04 bits per heavy atom. The van der Waals surface area contributed by atoms with Crippen molar-refractivity contribution in [2.45, 2.75) is 6.42 Å². The molecule has 0 fully saturated rings. The zero-order valence-electron chi connectivity index (χ0n) is 12.9. The minimum Gasteiger partial charge on any atom is -0.302 e. The number of thiophene rings is 1. The molecule has 0 atom stereocenters. The summed E-state index contributed by atoms with van der Waals surface area (Å²) in [6.07, 6.45) is 0.313. The largest absolute Gasteiger partial charge is 0.302 e. The van der Waals surface area contributed by atoms with Gasteiger partial charge in [0.05, 0.1) is 21.3 Å². The summed E-state index contributed by atoms with van der Waals surface area (Å²) in [6, 6.07) is 16.3. The van der Waals surface area contributed by atoms with Crippen LogP contribution in [-0.4, -0.2) is 10.9 Å². The average molecular weight is 383 g/mol. The van der Waals surface area contributed by atoms with Crippen molar-refractivity contribution in [2.75, 3.05) is 5.32 Å². The van der Waals surface area contributed by atoms with E-state index < -0.39 is 0 Å². The van der Waals surface area contributed by atoms with Gasteiger partial charge in [-0.25, -0.2) is 4.98 Å². The first-order valence-electron chi connectivity index (χ1n) is 7.76. The third-order valence-corrected chi connectivity index (χ3v) is 6.48. The monoisotopic (exact) mass is 382 g/mol. The molecule has 5 rings (SSSR count). The topological polar surface area (TPSA) is 42.0 Å². The second kappa shape index (κ2) is 5.66. The molecule has 4 aromatic rings. The van der Waals surface area contributed by atoms with E-state index in [9.17, 15) is 4.79 Å². The molecule has 0 spiro atoms. The van der Waals surface area contributed by atoms with Gasteiger partial charge in [0.1, 0.15) is 0 Å². The fourth-order valence-corrected chi connectivity index (χ4v) is 5.35. The fourth-order valence-electron chi connectivity index (χ4n) is 3.23. The second-order valence-corrected chi connectivity index (χ2v) is 8.64. The summed E-state index contributed by atoms with van der Waals surface area (Å²) in [5, 5.41) is 6.04. The van der Waals surface area contributed by atoms with Crippen molar-refractivity contribution in [3.05, 3.63) is 57.7 Å². The average Bonchev–Trinajstić information content (AvgIpc) is 3.26. The number of aromatic nitrogens is 1. The molecule has 0 radical (unpaired) electrons. The summed E-state index contributed by atoms with van der Waals surface area (Å²) in [5.74, 6) is -0.0718. The number of anilines is 1. The van der Waals surface area contributed by atoms with Crippen molar-refractivity contribution in [1.82, 2.24) is 4.98 Å². The fraction of sp³-hybridized carbons (Fsp3) is 0.0526. The van der Waals surface area contributed by atoms with Gasteiger partial charge in [0, 0.05) is 16.0 Å². The Morgan fingerprint density at radius 2 is 1.84 bits per heavy atom. The highest BCUT2D eigenvalue weighted by Gasteiger charge is 2.25. The number of amides is 1. The Hall–Kier alpha value is -2.21. The van der Waals surface area contributed by atoms with Crippen LogP contribution in [-0.2, 0) is 11.2 Å². The Morgan fingerprint density at radius 3 is 2.60 bits per heavy atom. The van der Waals surface area contributed by atoms with Crippen molar-refractivity contribution in [3.8, 4) is 21.7 Å². The minimum absolute atomic E-state index is 0.0718. The molecule has 6 heteroatoms. The Balaban J connectivity index is 1.46. The highest BCUT2D eigenvalue weighted by atomic mass is 35.5. The zero-order chi connectivity index (χ0) is 17.0. The van der Waals surface area contributed by atoms with Gasteiger partial charge in [0.25, 0.3) is 0 Å². The first kappa shape index (κ1) is 15.1. The Bertz CT molecular complexity index is 1090. The van der Waals surface area contributed by atoms with E-state index in [1.54, 1.807) is 0 Å². The molecule has 0 unspecified atom stereocenters. The molecule has 0 saturated heterocycles. The predicted octanol–water partition coefficient (Wildman–Crippen LogP) is 5.84. The zero-order valence-corrected chi connectivity index (χ0v) is 15.3. The molecular formula is C19H11ClN2OS2. The molecular weight excluding hydrogens is 372 g/mol. The number of nitrogens with one attached hydrogen (secondary N) is 1. The molecule has 3 nitrogen and oxygen atoms in total. The SMILES string of the molecule is O=C(Cc1ccc(Cl)s1)Nc1nc2c(s1)-c1cccc3cccc-2c13. The van der Waals surface area contributed by atoms with Crippen molar-refractivity contribution < 1.29 is 4.79 Å². The number of halogens is 1. The Labute approximate surface area is 156 Å². The van der Waals surface area contributed by atoms with Crippen LogP contribution in [0.2, 0.25) is 4.34 Å². The van der Waals surface area contributed by atoms with E-state index >= 15 is 0 Å². The highest BCUT2D eigenvalue weighted by Crippen LogP contribution is 2.50. The summed E-state index contributed by atoms with van der Waals surface area (Å²) >= 11 is 8.87. The molecule has 122 valence electrons. The van der Waals surface area contributed by atoms with E-state index in [1.165, 1.54) is 39.0 Å². The van der Waals surface area contributed by atoms with Gasteiger partial charge in [-0.05, 0) is 22.9 Å². The van der Waals surface area contributed by atoms with Gasteiger partial charge in [0.15, 0.2) is 5.13 Å². The third kappa shape index (κ3) is 2.47. The molecule has 1 N–H and O–H groups in total. The maximum Gasteiger partial charge on any atom is 0.231 e. The van der Waals surface area contributed by atoms with Crippen LogP contribution in [0, 0.1) is 0 Å². The van der Waals surface area contributed by atoms with E-state index in [-0.39, 0.29) is 5.91 Å². The van der Waals surface area contributed by atoms with Gasteiger partial charge in [-0.3, -0.25) is 4.79 Å². The smallest absolute Gasteiger partial charge is 0.231 e. The van der Waals surface area contributed by atoms with Gasteiger partial charge < -0.3 is 5.32 Å². The number of fused-ring (bicyclic) bond motifs is 3. The number of nitrogens with zero attached hydrogens (tertiary/aromatic N) is 1. The van der Waals surface area contributed by atoms with Crippen LogP contribution in [0.4, 0.5) is 5.13 Å². The number of carbonyl (C=O) groups excluding carboxylic acids is 1. The van der Waals surface area contributed by atoms with Crippen LogP contribution in [0.5, 0.6) is 0 Å². The summed E-state index contributed by atoms with van der Waals surface area (Å²) in [7, 11) is 0. The highest BCUT2D eigenvalue weighted by molar-refractivity contribution is 7.20. The number of hydrogen-bond donors (Lipinski definition) is 1. The summed E-state index contributed by atoms with van der Waals surface area (Å²) in [5.41, 5.74) is 3.31. The lowest BCUT2D eigenvalue weighted by Crippen LogP contribution is -2.13. The van der Waals surface area contributed by atoms with Crippen LogP contribution in [0.3, 0.4) is 0 Å². The lowest BCUT2D eigenvalue weighted by Gasteiger charge is -2.03. The van der Waals surface area contributed by atoms with Crippen LogP contribution in [0.25, 0.3) is 32.5 Å². The quantitative estimate of drug-likeness (QED) is 0.426. The van der Waals surface area contributed by atoms with Gasteiger partial charge in [-0.15, -0.1) is 11.3 Å². The number of thiazole rings is 1. The van der Waals surface area contributed by atoms with Crippen molar-refractivity contribution in [1.29, 1.82) is 0 Å².